The van der Waals surface area contributed by atoms with E-state index in [0.717, 1.165) is 17.0 Å². The molecule has 162 valence electrons. The lowest BCUT2D eigenvalue weighted by Crippen LogP contribution is -2.37. The molecule has 0 saturated heterocycles. The molecule has 0 bridgehead atoms. The highest BCUT2D eigenvalue weighted by Crippen LogP contribution is 2.30. The van der Waals surface area contributed by atoms with Gasteiger partial charge in [0.2, 0.25) is 0 Å². The molecule has 7 nitrogen and oxygen atoms in total. The van der Waals surface area contributed by atoms with Crippen molar-refractivity contribution >= 4 is 5.65 Å². The van der Waals surface area contributed by atoms with Crippen LogP contribution < -0.4 is 10.5 Å². The molecule has 31 heavy (non-hydrogen) atoms. The average Bonchev–Trinajstić information content (AvgIpc) is 3.22. The minimum absolute atomic E-state index is 0.127. The van der Waals surface area contributed by atoms with Crippen LogP contribution in [0.5, 0.6) is 5.75 Å². The first-order valence-electron chi connectivity index (χ1n) is 9.87. The van der Waals surface area contributed by atoms with Gasteiger partial charge in [-0.05, 0) is 51.5 Å². The minimum Gasteiger partial charge on any atom is -0.485 e. The molecule has 4 rings (SSSR count). The fourth-order valence-electron chi connectivity index (χ4n) is 3.44. The summed E-state index contributed by atoms with van der Waals surface area (Å²) in [6.45, 7) is 7.79. The van der Waals surface area contributed by atoms with Gasteiger partial charge in [0.25, 0.3) is 0 Å². The van der Waals surface area contributed by atoms with E-state index in [-0.39, 0.29) is 12.2 Å². The number of aryl methyl sites for hydroxylation is 2. The molecule has 0 aliphatic rings. The molecule has 0 unspecified atom stereocenters. The van der Waals surface area contributed by atoms with Gasteiger partial charge in [0.15, 0.2) is 11.4 Å². The quantitative estimate of drug-likeness (QED) is 0.507. The molecule has 0 aliphatic carbocycles. The van der Waals surface area contributed by atoms with Crippen LogP contribution in [-0.4, -0.2) is 29.9 Å². The van der Waals surface area contributed by atoms with Crippen molar-refractivity contribution in [3.05, 3.63) is 65.1 Å². The van der Waals surface area contributed by atoms with Gasteiger partial charge in [-0.2, -0.15) is 15.0 Å². The first-order chi connectivity index (χ1) is 14.6. The lowest BCUT2D eigenvalue weighted by molar-refractivity contribution is 0.294. The number of nitrogens with two attached hydrogens (primary N) is 1. The Kier molecular flexibility index (Phi) is 5.22. The Hall–Kier alpha value is -3.33. The van der Waals surface area contributed by atoms with E-state index in [1.807, 2.05) is 38.3 Å². The fraction of sp³-hybridized carbons (Fsp3) is 0.318. The monoisotopic (exact) mass is 426 g/mol. The van der Waals surface area contributed by atoms with Crippen molar-refractivity contribution in [2.75, 3.05) is 0 Å². The second-order valence-electron chi connectivity index (χ2n) is 8.36. The van der Waals surface area contributed by atoms with Crippen LogP contribution in [0.2, 0.25) is 0 Å². The van der Waals surface area contributed by atoms with E-state index >= 15 is 0 Å². The standard InChI is InChI=1S/C22H24F2N6O/c1-13-8-19(31-11-15-16(23)6-5-7-17(15)24)21-27-14(2)20(29(21)10-13)18-9-26-30(28-18)12-22(3,4)25/h5-10H,11-12,25H2,1-4H3. The molecule has 9 heteroatoms. The molecule has 0 radical (unpaired) electrons. The third kappa shape index (κ3) is 4.27. The van der Waals surface area contributed by atoms with Crippen LogP contribution in [0.25, 0.3) is 17.0 Å². The summed E-state index contributed by atoms with van der Waals surface area (Å²) < 4.78 is 35.6. The summed E-state index contributed by atoms with van der Waals surface area (Å²) in [5, 5.41) is 8.87. The Bertz CT molecular complexity index is 1230. The second-order valence-corrected chi connectivity index (χ2v) is 8.36. The van der Waals surface area contributed by atoms with Gasteiger partial charge in [0.05, 0.1) is 29.7 Å². The Balaban J connectivity index is 1.72. The van der Waals surface area contributed by atoms with Crippen LogP contribution in [-0.2, 0) is 13.2 Å². The lowest BCUT2D eigenvalue weighted by atomic mass is 10.1. The molecule has 0 atom stereocenters. The van der Waals surface area contributed by atoms with Crippen molar-refractivity contribution in [3.63, 3.8) is 0 Å². The number of aromatic nitrogens is 5. The smallest absolute Gasteiger partial charge is 0.180 e. The summed E-state index contributed by atoms with van der Waals surface area (Å²) in [7, 11) is 0. The van der Waals surface area contributed by atoms with Crippen molar-refractivity contribution < 1.29 is 13.5 Å². The molecular formula is C22H24F2N6O. The van der Waals surface area contributed by atoms with Crippen molar-refractivity contribution in [1.82, 2.24) is 24.4 Å². The van der Waals surface area contributed by atoms with E-state index in [4.69, 9.17) is 10.5 Å². The number of ether oxygens (including phenoxy) is 1. The molecule has 3 heterocycles. The summed E-state index contributed by atoms with van der Waals surface area (Å²) in [6, 6.07) is 5.52. The van der Waals surface area contributed by atoms with Crippen LogP contribution in [0, 0.1) is 25.5 Å². The molecule has 0 spiro atoms. The maximum atomic E-state index is 14.0. The molecule has 1 aromatic carbocycles. The van der Waals surface area contributed by atoms with E-state index in [1.54, 1.807) is 17.1 Å². The summed E-state index contributed by atoms with van der Waals surface area (Å²) in [4.78, 5) is 6.18. The number of hydrogen-bond donors (Lipinski definition) is 1. The Morgan fingerprint density at radius 2 is 1.87 bits per heavy atom. The number of imidazole rings is 1. The van der Waals surface area contributed by atoms with Gasteiger partial charge in [0.1, 0.15) is 23.9 Å². The molecule has 3 aromatic heterocycles. The third-order valence-corrected chi connectivity index (χ3v) is 4.76. The Labute approximate surface area is 178 Å². The van der Waals surface area contributed by atoms with Crippen molar-refractivity contribution in [1.29, 1.82) is 0 Å². The second kappa shape index (κ2) is 7.73. The maximum Gasteiger partial charge on any atom is 0.180 e. The van der Waals surface area contributed by atoms with Crippen molar-refractivity contribution in [2.45, 2.75) is 46.4 Å². The highest BCUT2D eigenvalue weighted by atomic mass is 19.1. The number of pyridine rings is 1. The van der Waals surface area contributed by atoms with Gasteiger partial charge >= 0.3 is 0 Å². The summed E-state index contributed by atoms with van der Waals surface area (Å²) >= 11 is 0. The minimum atomic E-state index is -0.650. The number of hydrogen-bond acceptors (Lipinski definition) is 5. The number of rotatable bonds is 6. The summed E-state index contributed by atoms with van der Waals surface area (Å²) in [5.74, 6) is -0.876. The number of nitrogens with zero attached hydrogens (tertiary/aromatic N) is 5. The van der Waals surface area contributed by atoms with E-state index in [9.17, 15) is 8.78 Å². The SMILES string of the molecule is Cc1cc(OCc2c(F)cccc2F)c2nc(C)c(-c3cnn(CC(C)(C)N)n3)n2c1. The molecule has 4 aromatic rings. The van der Waals surface area contributed by atoms with E-state index < -0.39 is 17.2 Å². The number of fused-ring (bicyclic) bond motifs is 1. The lowest BCUT2D eigenvalue weighted by Gasteiger charge is -2.16. The topological polar surface area (TPSA) is 83.3 Å². The zero-order valence-electron chi connectivity index (χ0n) is 17.9. The Morgan fingerprint density at radius 3 is 2.55 bits per heavy atom. The van der Waals surface area contributed by atoms with Crippen LogP contribution in [0.4, 0.5) is 8.78 Å². The van der Waals surface area contributed by atoms with Crippen LogP contribution in [0.3, 0.4) is 0 Å². The average molecular weight is 426 g/mol. The predicted molar refractivity (Wildman–Crippen MR) is 113 cm³/mol. The highest BCUT2D eigenvalue weighted by Gasteiger charge is 2.20. The van der Waals surface area contributed by atoms with Gasteiger partial charge in [-0.25, -0.2) is 13.8 Å². The van der Waals surface area contributed by atoms with E-state index in [2.05, 4.69) is 15.2 Å². The number of benzene rings is 1. The molecule has 0 amide bonds. The number of halogens is 2. The molecule has 2 N–H and O–H groups in total. The van der Waals surface area contributed by atoms with Crippen LogP contribution >= 0.6 is 0 Å². The fourth-order valence-corrected chi connectivity index (χ4v) is 3.44. The molecule has 0 fully saturated rings. The van der Waals surface area contributed by atoms with Gasteiger partial charge in [-0.15, -0.1) is 0 Å². The third-order valence-electron chi connectivity index (χ3n) is 4.76. The van der Waals surface area contributed by atoms with E-state index in [0.29, 0.717) is 23.6 Å². The van der Waals surface area contributed by atoms with Crippen molar-refractivity contribution in [3.8, 4) is 17.1 Å². The van der Waals surface area contributed by atoms with Gasteiger partial charge < -0.3 is 10.5 Å². The zero-order valence-corrected chi connectivity index (χ0v) is 17.9. The zero-order chi connectivity index (χ0) is 22.3. The maximum absolute atomic E-state index is 14.0. The van der Waals surface area contributed by atoms with Gasteiger partial charge in [0, 0.05) is 11.7 Å². The summed E-state index contributed by atoms with van der Waals surface area (Å²) in [5.41, 5.74) is 9.05. The predicted octanol–water partition coefficient (Wildman–Crippen LogP) is 3.80. The molecule has 0 aliphatic heterocycles. The first kappa shape index (κ1) is 20.9. The first-order valence-corrected chi connectivity index (χ1v) is 9.87. The molecule has 0 saturated carbocycles. The van der Waals surface area contributed by atoms with E-state index in [1.165, 1.54) is 18.2 Å². The molecular weight excluding hydrogens is 402 g/mol. The van der Waals surface area contributed by atoms with Gasteiger partial charge in [-0.3, -0.25) is 4.40 Å². The highest BCUT2D eigenvalue weighted by molar-refractivity contribution is 5.67. The largest absolute Gasteiger partial charge is 0.485 e. The summed E-state index contributed by atoms with van der Waals surface area (Å²) in [6.07, 6.45) is 3.58. The van der Waals surface area contributed by atoms with Crippen molar-refractivity contribution in [2.24, 2.45) is 5.73 Å². The normalized spacial score (nSPS) is 12.0. The van der Waals surface area contributed by atoms with Crippen LogP contribution in [0.1, 0.15) is 30.7 Å². The van der Waals surface area contributed by atoms with Crippen LogP contribution in [0.15, 0.2) is 36.7 Å². The van der Waals surface area contributed by atoms with Gasteiger partial charge in [-0.1, -0.05) is 6.07 Å². The Morgan fingerprint density at radius 1 is 1.16 bits per heavy atom.